The van der Waals surface area contributed by atoms with Gasteiger partial charge in [-0.15, -0.1) is 0 Å². The average Bonchev–Trinajstić information content (AvgIpc) is 3.00. The van der Waals surface area contributed by atoms with Crippen molar-refractivity contribution in [2.24, 2.45) is 0 Å². The highest BCUT2D eigenvalue weighted by molar-refractivity contribution is 6.30. The van der Waals surface area contributed by atoms with Crippen LogP contribution in [0.5, 0.6) is 11.5 Å². The van der Waals surface area contributed by atoms with E-state index in [1.54, 1.807) is 12.1 Å². The van der Waals surface area contributed by atoms with E-state index in [2.05, 4.69) is 17.3 Å². The van der Waals surface area contributed by atoms with Gasteiger partial charge in [-0.05, 0) is 26.0 Å². The molecule has 0 aliphatic heterocycles. The van der Waals surface area contributed by atoms with Gasteiger partial charge in [0.05, 0.1) is 7.11 Å². The molecule has 1 fully saturated rings. The first-order chi connectivity index (χ1) is 10.1. The van der Waals surface area contributed by atoms with Crippen LogP contribution in [0.2, 0.25) is 5.02 Å². The number of phenolic OH excluding ortho intramolecular Hbond substituents is 1. The predicted octanol–water partition coefficient (Wildman–Crippen LogP) is 3.02. The molecule has 1 aliphatic rings. The Labute approximate surface area is 132 Å². The molecule has 1 aromatic rings. The Balaban J connectivity index is 1.79. The Morgan fingerprint density at radius 1 is 1.38 bits per heavy atom. The molecule has 2 N–H and O–H groups in total. The first kappa shape index (κ1) is 16.4. The molecule has 0 spiro atoms. The molecule has 4 nitrogen and oxygen atoms in total. The van der Waals surface area contributed by atoms with Crippen LogP contribution in [0.4, 0.5) is 0 Å². The molecule has 0 radical (unpaired) electrons. The summed E-state index contributed by atoms with van der Waals surface area (Å²) >= 11 is 6.02. The van der Waals surface area contributed by atoms with Crippen molar-refractivity contribution in [3.8, 4) is 11.5 Å². The van der Waals surface area contributed by atoms with E-state index >= 15 is 0 Å². The summed E-state index contributed by atoms with van der Waals surface area (Å²) in [6, 6.07) is 4.13. The van der Waals surface area contributed by atoms with Crippen LogP contribution in [-0.4, -0.2) is 43.3 Å². The van der Waals surface area contributed by atoms with E-state index in [9.17, 15) is 5.11 Å². The van der Waals surface area contributed by atoms with Gasteiger partial charge < -0.3 is 20.1 Å². The minimum absolute atomic E-state index is 0.165. The number of methoxy groups -OCH3 is 1. The second-order valence-electron chi connectivity index (χ2n) is 5.71. The SMILES string of the molecule is COc1cc(Cl)cc(CNCCN(C)C2CCCC2)c1O. The summed E-state index contributed by atoms with van der Waals surface area (Å²) in [6.07, 6.45) is 5.36. The largest absolute Gasteiger partial charge is 0.504 e. The number of ether oxygens (including phenoxy) is 1. The van der Waals surface area contributed by atoms with Gasteiger partial charge in [0.25, 0.3) is 0 Å². The highest BCUT2D eigenvalue weighted by Crippen LogP contribution is 2.33. The number of nitrogens with one attached hydrogen (secondary N) is 1. The summed E-state index contributed by atoms with van der Waals surface area (Å²) < 4.78 is 5.11. The van der Waals surface area contributed by atoms with Gasteiger partial charge in [-0.3, -0.25) is 0 Å². The summed E-state index contributed by atoms with van der Waals surface area (Å²) in [5.41, 5.74) is 0.767. The van der Waals surface area contributed by atoms with Gasteiger partial charge in [-0.1, -0.05) is 24.4 Å². The molecule has 118 valence electrons. The maximum absolute atomic E-state index is 10.1. The molecule has 0 saturated heterocycles. The molecule has 5 heteroatoms. The van der Waals surface area contributed by atoms with Gasteiger partial charge in [0.1, 0.15) is 0 Å². The topological polar surface area (TPSA) is 44.7 Å². The number of benzene rings is 1. The van der Waals surface area contributed by atoms with Crippen molar-refractivity contribution in [3.63, 3.8) is 0 Å². The van der Waals surface area contributed by atoms with Crippen molar-refractivity contribution >= 4 is 11.6 Å². The molecular weight excluding hydrogens is 288 g/mol. The Morgan fingerprint density at radius 3 is 2.76 bits per heavy atom. The smallest absolute Gasteiger partial charge is 0.162 e. The third-order valence-corrected chi connectivity index (χ3v) is 4.46. The zero-order valence-electron chi connectivity index (χ0n) is 12.9. The lowest BCUT2D eigenvalue weighted by molar-refractivity contribution is 0.245. The first-order valence-corrected chi connectivity index (χ1v) is 7.96. The lowest BCUT2D eigenvalue weighted by Crippen LogP contribution is -2.35. The van der Waals surface area contributed by atoms with E-state index in [1.807, 2.05) is 0 Å². The fraction of sp³-hybridized carbons (Fsp3) is 0.625. The minimum atomic E-state index is 0.165. The molecule has 0 atom stereocenters. The summed E-state index contributed by atoms with van der Waals surface area (Å²) in [6.45, 7) is 2.49. The summed E-state index contributed by atoms with van der Waals surface area (Å²) in [5.74, 6) is 0.584. The van der Waals surface area contributed by atoms with E-state index < -0.39 is 0 Å². The molecule has 0 unspecified atom stereocenters. The standard InChI is InChI=1S/C16H25ClN2O2/c1-19(14-5-3-4-6-14)8-7-18-11-12-9-13(17)10-15(21-2)16(12)20/h9-10,14,18,20H,3-8,11H2,1-2H3. The van der Waals surface area contributed by atoms with E-state index in [0.29, 0.717) is 17.3 Å². The third kappa shape index (κ3) is 4.50. The predicted molar refractivity (Wildman–Crippen MR) is 86.3 cm³/mol. The van der Waals surface area contributed by atoms with Crippen LogP contribution >= 0.6 is 11.6 Å². The van der Waals surface area contributed by atoms with Gasteiger partial charge in [0.2, 0.25) is 0 Å². The third-order valence-electron chi connectivity index (χ3n) is 4.24. The zero-order valence-corrected chi connectivity index (χ0v) is 13.6. The number of halogens is 1. The Kier molecular flexibility index (Phi) is 6.15. The Morgan fingerprint density at radius 2 is 2.10 bits per heavy atom. The normalized spacial score (nSPS) is 15.8. The van der Waals surface area contributed by atoms with Crippen LogP contribution in [0.1, 0.15) is 31.2 Å². The molecule has 1 saturated carbocycles. The number of hydrogen-bond donors (Lipinski definition) is 2. The quantitative estimate of drug-likeness (QED) is 0.760. The van der Waals surface area contributed by atoms with Gasteiger partial charge in [-0.25, -0.2) is 0 Å². The van der Waals surface area contributed by atoms with E-state index in [4.69, 9.17) is 16.3 Å². The number of phenols is 1. The van der Waals surface area contributed by atoms with Gasteiger partial charge in [0.15, 0.2) is 11.5 Å². The lowest BCUT2D eigenvalue weighted by atomic mass is 10.2. The van der Waals surface area contributed by atoms with Crippen molar-refractivity contribution in [1.82, 2.24) is 10.2 Å². The summed E-state index contributed by atoms with van der Waals surface area (Å²) in [4.78, 5) is 2.43. The monoisotopic (exact) mass is 312 g/mol. The van der Waals surface area contributed by atoms with Crippen molar-refractivity contribution < 1.29 is 9.84 Å². The summed E-state index contributed by atoms with van der Waals surface area (Å²) in [7, 11) is 3.72. The van der Waals surface area contributed by atoms with E-state index in [-0.39, 0.29) is 5.75 Å². The van der Waals surface area contributed by atoms with Crippen LogP contribution in [0.3, 0.4) is 0 Å². The number of aromatic hydroxyl groups is 1. The highest BCUT2D eigenvalue weighted by Gasteiger charge is 2.18. The molecule has 2 rings (SSSR count). The number of hydrogen-bond acceptors (Lipinski definition) is 4. The zero-order chi connectivity index (χ0) is 15.2. The van der Waals surface area contributed by atoms with Crippen LogP contribution in [-0.2, 0) is 6.54 Å². The van der Waals surface area contributed by atoms with E-state index in [0.717, 1.165) is 24.7 Å². The fourth-order valence-electron chi connectivity index (χ4n) is 2.92. The molecule has 0 bridgehead atoms. The molecule has 0 heterocycles. The minimum Gasteiger partial charge on any atom is -0.504 e. The van der Waals surface area contributed by atoms with Crippen molar-refractivity contribution in [2.75, 3.05) is 27.2 Å². The molecule has 1 aromatic carbocycles. The lowest BCUT2D eigenvalue weighted by Gasteiger charge is -2.24. The van der Waals surface area contributed by atoms with Crippen LogP contribution in [0.15, 0.2) is 12.1 Å². The number of nitrogens with zero attached hydrogens (tertiary/aromatic N) is 1. The van der Waals surface area contributed by atoms with Crippen molar-refractivity contribution in [2.45, 2.75) is 38.3 Å². The van der Waals surface area contributed by atoms with Crippen LogP contribution < -0.4 is 10.1 Å². The van der Waals surface area contributed by atoms with Crippen molar-refractivity contribution in [3.05, 3.63) is 22.7 Å². The van der Waals surface area contributed by atoms with Crippen LogP contribution in [0.25, 0.3) is 0 Å². The second kappa shape index (κ2) is 7.87. The van der Waals surface area contributed by atoms with Crippen molar-refractivity contribution in [1.29, 1.82) is 0 Å². The Bertz CT molecular complexity index is 462. The maximum atomic E-state index is 10.1. The number of likely N-dealkylation sites (N-methyl/N-ethyl adjacent to an activating group) is 1. The van der Waals surface area contributed by atoms with E-state index in [1.165, 1.54) is 32.8 Å². The molecule has 21 heavy (non-hydrogen) atoms. The Hall–Kier alpha value is -0.970. The molecule has 0 amide bonds. The van der Waals surface area contributed by atoms with Gasteiger partial charge in [-0.2, -0.15) is 0 Å². The van der Waals surface area contributed by atoms with Crippen LogP contribution in [0, 0.1) is 0 Å². The summed E-state index contributed by atoms with van der Waals surface area (Å²) in [5, 5.41) is 14.0. The molecular formula is C16H25ClN2O2. The van der Waals surface area contributed by atoms with Gasteiger partial charge in [0, 0.05) is 42.3 Å². The average molecular weight is 313 g/mol. The first-order valence-electron chi connectivity index (χ1n) is 7.58. The highest BCUT2D eigenvalue weighted by atomic mass is 35.5. The molecule has 0 aromatic heterocycles. The molecule has 1 aliphatic carbocycles. The number of rotatable bonds is 7. The second-order valence-corrected chi connectivity index (χ2v) is 6.15. The fourth-order valence-corrected chi connectivity index (χ4v) is 3.16. The maximum Gasteiger partial charge on any atom is 0.162 e. The van der Waals surface area contributed by atoms with Gasteiger partial charge >= 0.3 is 0 Å².